The summed E-state index contributed by atoms with van der Waals surface area (Å²) in [5, 5.41) is 4.65. The predicted molar refractivity (Wildman–Crippen MR) is 105 cm³/mol. The molecule has 0 aliphatic carbocycles. The molecule has 4 rings (SSSR count). The van der Waals surface area contributed by atoms with E-state index in [0.29, 0.717) is 5.84 Å². The summed E-state index contributed by atoms with van der Waals surface area (Å²) >= 11 is 3.55. The van der Waals surface area contributed by atoms with Crippen molar-refractivity contribution in [2.24, 2.45) is 10.1 Å². The standard InChI is InChI=1S/C20H15BrN4/c1-13-4-6-14(7-5-13)19-17-11-16(21)8-9-18(17)23-20(25-24-19)15-3-2-10-22-12-15/h2-12H,1H3,(H,23,25). The molecule has 3 aromatic rings. The number of aromatic nitrogens is 1. The van der Waals surface area contributed by atoms with Gasteiger partial charge in [0, 0.05) is 33.6 Å². The molecule has 0 amide bonds. The van der Waals surface area contributed by atoms with Gasteiger partial charge in [-0.15, -0.1) is 0 Å². The van der Waals surface area contributed by atoms with Crippen LogP contribution in [-0.4, -0.2) is 16.5 Å². The van der Waals surface area contributed by atoms with Crippen LogP contribution in [0.5, 0.6) is 0 Å². The first-order valence-corrected chi connectivity index (χ1v) is 8.70. The zero-order valence-corrected chi connectivity index (χ0v) is 15.2. The van der Waals surface area contributed by atoms with Crippen molar-refractivity contribution in [3.8, 4) is 0 Å². The van der Waals surface area contributed by atoms with E-state index < -0.39 is 0 Å². The molecule has 4 nitrogen and oxygen atoms in total. The molecule has 2 heterocycles. The van der Waals surface area contributed by atoms with Crippen molar-refractivity contribution in [2.75, 3.05) is 0 Å². The van der Waals surface area contributed by atoms with Crippen molar-refractivity contribution in [3.05, 3.63) is 93.7 Å². The van der Waals surface area contributed by atoms with E-state index >= 15 is 0 Å². The van der Waals surface area contributed by atoms with Gasteiger partial charge in [0.25, 0.3) is 0 Å². The Morgan fingerprint density at radius 3 is 2.56 bits per heavy atom. The Morgan fingerprint density at radius 1 is 0.960 bits per heavy atom. The van der Waals surface area contributed by atoms with Gasteiger partial charge >= 0.3 is 0 Å². The molecule has 5 heteroatoms. The summed E-state index contributed by atoms with van der Waals surface area (Å²) in [4.78, 5) is 8.94. The Hall–Kier alpha value is -2.79. The van der Waals surface area contributed by atoms with E-state index in [2.05, 4.69) is 62.6 Å². The first-order valence-electron chi connectivity index (χ1n) is 7.90. The zero-order valence-electron chi connectivity index (χ0n) is 13.6. The lowest BCUT2D eigenvalue weighted by molar-refractivity contribution is 1.03. The number of nitrogens with one attached hydrogen (secondary N) is 1. The van der Waals surface area contributed by atoms with Crippen LogP contribution < -0.4 is 5.43 Å². The lowest BCUT2D eigenvalue weighted by Gasteiger charge is -2.08. The highest BCUT2D eigenvalue weighted by Gasteiger charge is 2.17. The number of hydrogen-bond acceptors (Lipinski definition) is 4. The Bertz CT molecular complexity index is 976. The molecule has 0 fully saturated rings. The number of benzene rings is 2. The summed E-state index contributed by atoms with van der Waals surface area (Å²) in [5.74, 6) is 0.679. The average Bonchev–Trinajstić information content (AvgIpc) is 2.83. The average molecular weight is 391 g/mol. The van der Waals surface area contributed by atoms with Crippen molar-refractivity contribution in [3.63, 3.8) is 0 Å². The van der Waals surface area contributed by atoms with E-state index in [9.17, 15) is 0 Å². The van der Waals surface area contributed by atoms with E-state index in [4.69, 9.17) is 4.99 Å². The third kappa shape index (κ3) is 3.23. The Morgan fingerprint density at radius 2 is 1.80 bits per heavy atom. The molecule has 0 saturated heterocycles. The van der Waals surface area contributed by atoms with Crippen LogP contribution in [0.3, 0.4) is 0 Å². The highest BCUT2D eigenvalue weighted by Crippen LogP contribution is 2.28. The molecule has 1 N–H and O–H groups in total. The molecule has 1 aliphatic heterocycles. The van der Waals surface area contributed by atoms with E-state index in [1.165, 1.54) is 5.56 Å². The molecule has 2 aromatic carbocycles. The minimum atomic E-state index is 0.679. The topological polar surface area (TPSA) is 49.6 Å². The number of aryl methyl sites for hydroxylation is 1. The third-order valence-electron chi connectivity index (χ3n) is 3.98. The monoisotopic (exact) mass is 390 g/mol. The van der Waals surface area contributed by atoms with Gasteiger partial charge in [0.2, 0.25) is 0 Å². The summed E-state index contributed by atoms with van der Waals surface area (Å²) in [5.41, 5.74) is 8.96. The lowest BCUT2D eigenvalue weighted by atomic mass is 10.00. The molecule has 1 aliphatic rings. The fraction of sp³-hybridized carbons (Fsp3) is 0.0500. The van der Waals surface area contributed by atoms with Gasteiger partial charge in [-0.05, 0) is 37.3 Å². The number of amidine groups is 1. The van der Waals surface area contributed by atoms with Crippen LogP contribution in [0.25, 0.3) is 0 Å². The molecule has 25 heavy (non-hydrogen) atoms. The van der Waals surface area contributed by atoms with Crippen LogP contribution >= 0.6 is 15.9 Å². The largest absolute Gasteiger partial charge is 0.264 e. The number of pyridine rings is 1. The molecule has 0 atom stereocenters. The van der Waals surface area contributed by atoms with E-state index in [1.54, 1.807) is 12.4 Å². The molecule has 0 bridgehead atoms. The number of rotatable bonds is 2. The minimum Gasteiger partial charge on any atom is -0.264 e. The third-order valence-corrected chi connectivity index (χ3v) is 4.47. The van der Waals surface area contributed by atoms with Gasteiger partial charge < -0.3 is 0 Å². The van der Waals surface area contributed by atoms with Crippen LogP contribution in [0.1, 0.15) is 22.3 Å². The summed E-state index contributed by atoms with van der Waals surface area (Å²) in [6, 6.07) is 18.2. The number of fused-ring (bicyclic) bond motifs is 1. The highest BCUT2D eigenvalue weighted by molar-refractivity contribution is 9.10. The quantitative estimate of drug-likeness (QED) is 0.695. The van der Waals surface area contributed by atoms with Gasteiger partial charge in [-0.25, -0.2) is 4.99 Å². The van der Waals surface area contributed by atoms with Crippen LogP contribution in [-0.2, 0) is 0 Å². The number of nitrogens with zero attached hydrogens (tertiary/aromatic N) is 3. The molecule has 122 valence electrons. The van der Waals surface area contributed by atoms with Crippen molar-refractivity contribution in [1.29, 1.82) is 0 Å². The van der Waals surface area contributed by atoms with Crippen LogP contribution in [0.2, 0.25) is 0 Å². The van der Waals surface area contributed by atoms with E-state index in [1.807, 2.05) is 30.3 Å². The molecule has 0 radical (unpaired) electrons. The molecule has 0 saturated carbocycles. The van der Waals surface area contributed by atoms with Crippen molar-refractivity contribution in [2.45, 2.75) is 6.92 Å². The second kappa shape index (κ2) is 6.61. The first-order chi connectivity index (χ1) is 12.2. The van der Waals surface area contributed by atoms with E-state index in [-0.39, 0.29) is 0 Å². The Balaban J connectivity index is 1.87. The SMILES string of the molecule is Cc1ccc(C2=NNC(c3cccnc3)=Nc3ccc(Br)cc32)cc1. The summed E-state index contributed by atoms with van der Waals surface area (Å²) in [7, 11) is 0. The maximum atomic E-state index is 4.77. The number of aliphatic imine (C=N–C) groups is 1. The fourth-order valence-corrected chi connectivity index (χ4v) is 3.03. The highest BCUT2D eigenvalue weighted by atomic mass is 79.9. The summed E-state index contributed by atoms with van der Waals surface area (Å²) < 4.78 is 0.992. The normalized spacial score (nSPS) is 13.2. The Kier molecular flexibility index (Phi) is 4.15. The Labute approximate surface area is 154 Å². The van der Waals surface area contributed by atoms with E-state index in [0.717, 1.165) is 32.6 Å². The van der Waals surface area contributed by atoms with Gasteiger partial charge in [-0.3, -0.25) is 10.4 Å². The molecular weight excluding hydrogens is 376 g/mol. The minimum absolute atomic E-state index is 0.679. The van der Waals surface area contributed by atoms with Crippen molar-refractivity contribution in [1.82, 2.24) is 10.4 Å². The summed E-state index contributed by atoms with van der Waals surface area (Å²) in [6.07, 6.45) is 3.52. The second-order valence-electron chi connectivity index (χ2n) is 5.80. The maximum Gasteiger partial charge on any atom is 0.155 e. The summed E-state index contributed by atoms with van der Waals surface area (Å²) in [6.45, 7) is 2.07. The maximum absolute atomic E-state index is 4.77. The predicted octanol–water partition coefficient (Wildman–Crippen LogP) is 4.59. The van der Waals surface area contributed by atoms with Crippen LogP contribution in [0.15, 0.2) is 81.6 Å². The van der Waals surface area contributed by atoms with Gasteiger partial charge in [0.15, 0.2) is 5.84 Å². The van der Waals surface area contributed by atoms with Gasteiger partial charge in [-0.2, -0.15) is 5.10 Å². The number of halogens is 1. The van der Waals surface area contributed by atoms with Gasteiger partial charge in [0.05, 0.1) is 5.69 Å². The first kappa shape index (κ1) is 15.7. The van der Waals surface area contributed by atoms with Gasteiger partial charge in [0.1, 0.15) is 5.71 Å². The van der Waals surface area contributed by atoms with Crippen molar-refractivity contribution >= 4 is 33.2 Å². The number of hydrazone groups is 1. The number of hydrogen-bond donors (Lipinski definition) is 1. The van der Waals surface area contributed by atoms with Crippen LogP contribution in [0.4, 0.5) is 5.69 Å². The molecule has 1 aromatic heterocycles. The molecule has 0 unspecified atom stereocenters. The van der Waals surface area contributed by atoms with Crippen molar-refractivity contribution < 1.29 is 0 Å². The molecule has 0 spiro atoms. The van der Waals surface area contributed by atoms with Gasteiger partial charge in [-0.1, -0.05) is 45.8 Å². The molecular formula is C20H15BrN4. The second-order valence-corrected chi connectivity index (χ2v) is 6.72. The fourth-order valence-electron chi connectivity index (χ4n) is 2.67. The zero-order chi connectivity index (χ0) is 17.2. The smallest absolute Gasteiger partial charge is 0.155 e. The lowest BCUT2D eigenvalue weighted by Crippen LogP contribution is -2.19. The van der Waals surface area contributed by atoms with Crippen LogP contribution in [0, 0.1) is 6.92 Å².